The van der Waals surface area contributed by atoms with E-state index in [4.69, 9.17) is 10.6 Å². The number of ether oxygens (including phenoxy) is 1. The highest BCUT2D eigenvalue weighted by Crippen LogP contribution is 2.29. The zero-order valence-electron chi connectivity index (χ0n) is 10.8. The van der Waals surface area contributed by atoms with Gasteiger partial charge < -0.3 is 4.74 Å². The number of hydrogen-bond donors (Lipinski definition) is 2. The number of methoxy groups -OCH3 is 1. The average Bonchev–Trinajstić information content (AvgIpc) is 2.81. The molecule has 6 nitrogen and oxygen atoms in total. The smallest absolute Gasteiger partial charge is 0.131 e. The highest BCUT2D eigenvalue weighted by atomic mass is 19.1. The topological polar surface area (TPSA) is 78.0 Å². The molecule has 2 rings (SSSR count). The van der Waals surface area contributed by atoms with Gasteiger partial charge in [0.25, 0.3) is 0 Å². The van der Waals surface area contributed by atoms with E-state index in [1.54, 1.807) is 30.1 Å². The summed E-state index contributed by atoms with van der Waals surface area (Å²) in [5.41, 5.74) is 3.70. The van der Waals surface area contributed by atoms with Crippen LogP contribution in [0.25, 0.3) is 0 Å². The first kappa shape index (κ1) is 13.4. The van der Waals surface area contributed by atoms with E-state index in [1.165, 1.54) is 13.2 Å². The third kappa shape index (κ3) is 2.88. The van der Waals surface area contributed by atoms with Crippen LogP contribution in [0.3, 0.4) is 0 Å². The zero-order chi connectivity index (χ0) is 13.8. The summed E-state index contributed by atoms with van der Waals surface area (Å²) in [5.74, 6) is 5.61. The normalized spacial score (nSPS) is 12.4. The maximum Gasteiger partial charge on any atom is 0.131 e. The van der Waals surface area contributed by atoms with Crippen LogP contribution in [-0.4, -0.2) is 22.1 Å². The molecule has 0 aliphatic carbocycles. The number of halogens is 1. The quantitative estimate of drug-likeness (QED) is 0.615. The second-order valence-electron chi connectivity index (χ2n) is 4.16. The fourth-order valence-corrected chi connectivity index (χ4v) is 1.98. The molecule has 1 unspecified atom stereocenters. The maximum atomic E-state index is 14.0. The fourth-order valence-electron chi connectivity index (χ4n) is 1.98. The minimum atomic E-state index is -0.437. The van der Waals surface area contributed by atoms with Gasteiger partial charge in [0.15, 0.2) is 0 Å². The Morgan fingerprint density at radius 3 is 2.89 bits per heavy atom. The van der Waals surface area contributed by atoms with E-state index < -0.39 is 6.04 Å². The zero-order valence-corrected chi connectivity index (χ0v) is 10.8. The number of nitrogens with one attached hydrogen (secondary N) is 1. The summed E-state index contributed by atoms with van der Waals surface area (Å²) in [4.78, 5) is 0. The molecule has 0 saturated heterocycles. The van der Waals surface area contributed by atoms with Gasteiger partial charge in [0.2, 0.25) is 0 Å². The van der Waals surface area contributed by atoms with Crippen molar-refractivity contribution in [2.75, 3.05) is 7.11 Å². The summed E-state index contributed by atoms with van der Waals surface area (Å²) in [6.45, 7) is 0. The van der Waals surface area contributed by atoms with E-state index in [2.05, 4.69) is 15.7 Å². The molecule has 1 atom stereocenters. The lowest BCUT2D eigenvalue weighted by Crippen LogP contribution is -2.30. The molecule has 1 heterocycles. The molecule has 0 fully saturated rings. The summed E-state index contributed by atoms with van der Waals surface area (Å²) < 4.78 is 20.7. The molecular weight excluding hydrogens is 249 g/mol. The van der Waals surface area contributed by atoms with Crippen molar-refractivity contribution in [2.45, 2.75) is 12.5 Å². The molecular formula is C12H16FN5O. The van der Waals surface area contributed by atoms with Crippen molar-refractivity contribution in [1.82, 2.24) is 20.4 Å². The van der Waals surface area contributed by atoms with Gasteiger partial charge in [-0.25, -0.2) is 4.39 Å². The molecule has 0 radical (unpaired) electrons. The first-order chi connectivity index (χ1) is 9.15. The maximum absolute atomic E-state index is 14.0. The van der Waals surface area contributed by atoms with Crippen LogP contribution in [0.4, 0.5) is 4.39 Å². The van der Waals surface area contributed by atoms with E-state index in [0.717, 1.165) is 5.69 Å². The van der Waals surface area contributed by atoms with E-state index >= 15 is 0 Å². The van der Waals surface area contributed by atoms with Crippen molar-refractivity contribution in [1.29, 1.82) is 0 Å². The molecule has 1 aromatic carbocycles. The number of hydrogen-bond acceptors (Lipinski definition) is 5. The minimum absolute atomic E-state index is 0.369. The predicted molar refractivity (Wildman–Crippen MR) is 67.7 cm³/mol. The van der Waals surface area contributed by atoms with E-state index in [9.17, 15) is 4.39 Å². The van der Waals surface area contributed by atoms with E-state index in [-0.39, 0.29) is 5.82 Å². The first-order valence-corrected chi connectivity index (χ1v) is 5.79. The third-order valence-electron chi connectivity index (χ3n) is 2.85. The lowest BCUT2D eigenvalue weighted by atomic mass is 10.0. The van der Waals surface area contributed by atoms with Crippen LogP contribution < -0.4 is 16.0 Å². The number of aromatic nitrogens is 3. The molecule has 2 aromatic rings. The van der Waals surface area contributed by atoms with Crippen LogP contribution in [-0.2, 0) is 13.5 Å². The number of rotatable bonds is 5. The summed E-state index contributed by atoms with van der Waals surface area (Å²) in [7, 11) is 3.26. The van der Waals surface area contributed by atoms with Crippen molar-refractivity contribution < 1.29 is 9.13 Å². The van der Waals surface area contributed by atoms with Gasteiger partial charge in [0, 0.05) is 25.2 Å². The van der Waals surface area contributed by atoms with Gasteiger partial charge in [-0.15, -0.1) is 5.10 Å². The SMILES string of the molecule is COc1cccc(F)c1C(Cc1cn(C)nn1)NN. The Kier molecular flexibility index (Phi) is 4.08. The Morgan fingerprint density at radius 2 is 2.32 bits per heavy atom. The van der Waals surface area contributed by atoms with Gasteiger partial charge in [0.05, 0.1) is 18.8 Å². The predicted octanol–water partition coefficient (Wildman–Crippen LogP) is 0.710. The largest absolute Gasteiger partial charge is 0.496 e. The molecule has 0 bridgehead atoms. The van der Waals surface area contributed by atoms with Crippen molar-refractivity contribution in [3.63, 3.8) is 0 Å². The highest BCUT2D eigenvalue weighted by molar-refractivity contribution is 5.37. The Labute approximate surface area is 110 Å². The highest BCUT2D eigenvalue weighted by Gasteiger charge is 2.20. The summed E-state index contributed by atoms with van der Waals surface area (Å²) in [5, 5.41) is 7.80. The monoisotopic (exact) mass is 265 g/mol. The average molecular weight is 265 g/mol. The van der Waals surface area contributed by atoms with Crippen LogP contribution in [0, 0.1) is 5.82 Å². The second kappa shape index (κ2) is 5.77. The molecule has 0 spiro atoms. The van der Waals surface area contributed by atoms with Gasteiger partial charge in [-0.2, -0.15) is 0 Å². The molecule has 1 aromatic heterocycles. The lowest BCUT2D eigenvalue weighted by molar-refractivity contribution is 0.390. The fraction of sp³-hybridized carbons (Fsp3) is 0.333. The van der Waals surface area contributed by atoms with Crippen LogP contribution in [0.2, 0.25) is 0 Å². The molecule has 0 saturated carbocycles. The lowest BCUT2D eigenvalue weighted by Gasteiger charge is -2.18. The van der Waals surface area contributed by atoms with Crippen LogP contribution >= 0.6 is 0 Å². The Bertz CT molecular complexity index is 557. The first-order valence-electron chi connectivity index (χ1n) is 5.79. The van der Waals surface area contributed by atoms with Crippen molar-refractivity contribution >= 4 is 0 Å². The van der Waals surface area contributed by atoms with Crippen molar-refractivity contribution in [2.24, 2.45) is 12.9 Å². The van der Waals surface area contributed by atoms with Gasteiger partial charge in [-0.3, -0.25) is 16.0 Å². The van der Waals surface area contributed by atoms with Gasteiger partial charge >= 0.3 is 0 Å². The van der Waals surface area contributed by atoms with Crippen molar-refractivity contribution in [3.05, 3.63) is 41.5 Å². The molecule has 7 heteroatoms. The minimum Gasteiger partial charge on any atom is -0.496 e. The number of hydrazine groups is 1. The Balaban J connectivity index is 2.31. The summed E-state index contributed by atoms with van der Waals surface area (Å²) in [6.07, 6.45) is 2.18. The van der Waals surface area contributed by atoms with Crippen LogP contribution in [0.15, 0.2) is 24.4 Å². The number of nitrogens with zero attached hydrogens (tertiary/aromatic N) is 3. The molecule has 0 amide bonds. The number of benzene rings is 1. The van der Waals surface area contributed by atoms with Gasteiger partial charge in [0.1, 0.15) is 11.6 Å². The number of nitrogens with two attached hydrogens (primary N) is 1. The van der Waals surface area contributed by atoms with E-state index in [0.29, 0.717) is 17.7 Å². The third-order valence-corrected chi connectivity index (χ3v) is 2.85. The standard InChI is InChI=1S/C12H16FN5O/c1-18-7-8(16-17-18)6-10(15-14)12-9(13)4-3-5-11(12)19-2/h3-5,7,10,15H,6,14H2,1-2H3. The molecule has 3 N–H and O–H groups in total. The summed E-state index contributed by atoms with van der Waals surface area (Å²) in [6, 6.07) is 4.22. The Morgan fingerprint density at radius 1 is 1.53 bits per heavy atom. The van der Waals surface area contributed by atoms with Gasteiger partial charge in [-0.1, -0.05) is 11.3 Å². The Hall–Kier alpha value is -1.99. The summed E-state index contributed by atoms with van der Waals surface area (Å²) >= 11 is 0. The molecule has 0 aliphatic rings. The number of aryl methyl sites for hydroxylation is 1. The molecule has 102 valence electrons. The molecule has 19 heavy (non-hydrogen) atoms. The van der Waals surface area contributed by atoms with Crippen LogP contribution in [0.5, 0.6) is 5.75 Å². The second-order valence-corrected chi connectivity index (χ2v) is 4.16. The van der Waals surface area contributed by atoms with Gasteiger partial charge in [-0.05, 0) is 12.1 Å². The van der Waals surface area contributed by atoms with Crippen molar-refractivity contribution in [3.8, 4) is 5.75 Å². The molecule has 0 aliphatic heterocycles. The van der Waals surface area contributed by atoms with E-state index in [1.807, 2.05) is 0 Å². The van der Waals surface area contributed by atoms with Crippen LogP contribution in [0.1, 0.15) is 17.3 Å².